The van der Waals surface area contributed by atoms with E-state index < -0.39 is 0 Å². The molecule has 1 saturated carbocycles. The molecule has 4 rings (SSSR count). The maximum Gasteiger partial charge on any atom is 0.0826 e. The van der Waals surface area contributed by atoms with E-state index in [1.807, 2.05) is 0 Å². The predicted octanol–water partition coefficient (Wildman–Crippen LogP) is 2.63. The fourth-order valence-corrected chi connectivity index (χ4v) is 3.99. The summed E-state index contributed by atoms with van der Waals surface area (Å²) >= 11 is 0. The highest BCUT2D eigenvalue weighted by atomic mass is 16.5. The summed E-state index contributed by atoms with van der Waals surface area (Å²) in [5.41, 5.74) is 2.75. The van der Waals surface area contributed by atoms with Crippen LogP contribution in [-0.2, 0) is 11.3 Å². The first-order valence-corrected chi connectivity index (χ1v) is 9.79. The van der Waals surface area contributed by atoms with Crippen LogP contribution in [0.15, 0.2) is 24.3 Å². The molecule has 1 unspecified atom stereocenters. The van der Waals surface area contributed by atoms with Crippen molar-refractivity contribution < 1.29 is 4.74 Å². The van der Waals surface area contributed by atoms with Crippen molar-refractivity contribution in [2.45, 2.75) is 50.8 Å². The van der Waals surface area contributed by atoms with Gasteiger partial charge in [0.15, 0.2) is 0 Å². The molecule has 1 aliphatic carbocycles. The Balaban J connectivity index is 1.21. The predicted molar refractivity (Wildman–Crippen MR) is 98.5 cm³/mol. The zero-order valence-corrected chi connectivity index (χ0v) is 14.8. The van der Waals surface area contributed by atoms with Gasteiger partial charge in [-0.05, 0) is 49.8 Å². The highest BCUT2D eigenvalue weighted by Crippen LogP contribution is 2.28. The molecule has 2 heterocycles. The Bertz CT molecular complexity index is 508. The molecule has 24 heavy (non-hydrogen) atoms. The number of hydrogen-bond donors (Lipinski definition) is 1. The van der Waals surface area contributed by atoms with Crippen LogP contribution in [-0.4, -0.2) is 56.4 Å². The summed E-state index contributed by atoms with van der Waals surface area (Å²) in [6.07, 6.45) is 7.20. The van der Waals surface area contributed by atoms with E-state index in [4.69, 9.17) is 4.74 Å². The van der Waals surface area contributed by atoms with Crippen LogP contribution in [0.1, 0.15) is 37.7 Å². The molecule has 0 radical (unpaired) electrons. The lowest BCUT2D eigenvalue weighted by molar-refractivity contribution is -0.0301. The lowest BCUT2D eigenvalue weighted by Crippen LogP contribution is -2.47. The van der Waals surface area contributed by atoms with Crippen LogP contribution in [0.3, 0.4) is 0 Å². The summed E-state index contributed by atoms with van der Waals surface area (Å²) in [6.45, 7) is 7.45. The molecule has 0 amide bonds. The Morgan fingerprint density at radius 1 is 1.00 bits per heavy atom. The van der Waals surface area contributed by atoms with Gasteiger partial charge in [0.25, 0.3) is 0 Å². The van der Waals surface area contributed by atoms with Crippen LogP contribution in [0.2, 0.25) is 0 Å². The van der Waals surface area contributed by atoms with E-state index in [9.17, 15) is 0 Å². The second-order valence-electron chi connectivity index (χ2n) is 7.56. The summed E-state index contributed by atoms with van der Waals surface area (Å²) in [5.74, 6) is 0. The molecule has 4 nitrogen and oxygen atoms in total. The maximum atomic E-state index is 5.91. The van der Waals surface area contributed by atoms with Gasteiger partial charge < -0.3 is 15.0 Å². The number of benzene rings is 1. The number of anilines is 1. The summed E-state index contributed by atoms with van der Waals surface area (Å²) in [5, 5.41) is 3.59. The van der Waals surface area contributed by atoms with Crippen LogP contribution < -0.4 is 10.2 Å². The topological polar surface area (TPSA) is 27.7 Å². The van der Waals surface area contributed by atoms with Crippen LogP contribution in [0, 0.1) is 0 Å². The van der Waals surface area contributed by atoms with Gasteiger partial charge in [-0.1, -0.05) is 12.1 Å². The molecule has 0 aromatic heterocycles. The first-order chi connectivity index (χ1) is 11.9. The molecule has 1 N–H and O–H groups in total. The van der Waals surface area contributed by atoms with Gasteiger partial charge >= 0.3 is 0 Å². The van der Waals surface area contributed by atoms with Gasteiger partial charge in [-0.3, -0.25) is 4.90 Å². The summed E-state index contributed by atoms with van der Waals surface area (Å²) in [6, 6.07) is 9.98. The summed E-state index contributed by atoms with van der Waals surface area (Å²) in [4.78, 5) is 5.13. The smallest absolute Gasteiger partial charge is 0.0826 e. The molecule has 2 aliphatic heterocycles. The van der Waals surface area contributed by atoms with E-state index in [1.165, 1.54) is 56.4 Å². The van der Waals surface area contributed by atoms with Crippen molar-refractivity contribution in [3.05, 3.63) is 29.8 Å². The van der Waals surface area contributed by atoms with E-state index in [1.54, 1.807) is 0 Å². The fourth-order valence-electron chi connectivity index (χ4n) is 3.99. The van der Waals surface area contributed by atoms with E-state index in [-0.39, 0.29) is 0 Å². The number of nitrogens with one attached hydrogen (secondary N) is 1. The standard InChI is InChI=1S/C20H31N3O/c1-2-10-22(11-3-1)18-6-4-17(5-7-18)14-21-15-20-16-23(12-13-24-20)19-8-9-19/h4-7,19-21H,1-3,8-16H2. The SMILES string of the molecule is c1cc(N2CCCCC2)ccc1CNCC1CN(C2CC2)CCO1. The number of hydrogen-bond acceptors (Lipinski definition) is 4. The van der Waals surface area contributed by atoms with Crippen LogP contribution >= 0.6 is 0 Å². The van der Waals surface area contributed by atoms with Crippen molar-refractivity contribution in [2.24, 2.45) is 0 Å². The third-order valence-corrected chi connectivity index (χ3v) is 5.59. The van der Waals surface area contributed by atoms with Gasteiger partial charge in [0.2, 0.25) is 0 Å². The van der Waals surface area contributed by atoms with Crippen LogP contribution in [0.4, 0.5) is 5.69 Å². The summed E-state index contributed by atoms with van der Waals surface area (Å²) in [7, 11) is 0. The van der Waals surface area contributed by atoms with Gasteiger partial charge in [-0.25, -0.2) is 0 Å². The Hall–Kier alpha value is -1.10. The number of rotatable bonds is 6. The second-order valence-corrected chi connectivity index (χ2v) is 7.56. The molecule has 4 heteroatoms. The molecule has 0 spiro atoms. The minimum absolute atomic E-state index is 0.354. The molecule has 0 bridgehead atoms. The Labute approximate surface area is 146 Å². The Morgan fingerprint density at radius 3 is 2.54 bits per heavy atom. The first kappa shape index (κ1) is 16.4. The van der Waals surface area contributed by atoms with Crippen molar-refractivity contribution >= 4 is 5.69 Å². The summed E-state index contributed by atoms with van der Waals surface area (Å²) < 4.78 is 5.91. The van der Waals surface area contributed by atoms with E-state index in [2.05, 4.69) is 39.4 Å². The zero-order valence-electron chi connectivity index (χ0n) is 14.8. The number of nitrogens with zero attached hydrogens (tertiary/aromatic N) is 2. The van der Waals surface area contributed by atoms with Gasteiger partial charge in [0, 0.05) is 51.0 Å². The monoisotopic (exact) mass is 329 g/mol. The molecule has 1 aromatic rings. The molecular weight excluding hydrogens is 298 g/mol. The minimum atomic E-state index is 0.354. The van der Waals surface area contributed by atoms with E-state index in [0.717, 1.165) is 38.8 Å². The van der Waals surface area contributed by atoms with Crippen molar-refractivity contribution in [3.8, 4) is 0 Å². The lowest BCUT2D eigenvalue weighted by Gasteiger charge is -2.33. The average Bonchev–Trinajstić information content (AvgIpc) is 3.49. The highest BCUT2D eigenvalue weighted by molar-refractivity contribution is 5.47. The normalized spacial score (nSPS) is 25.8. The average molecular weight is 329 g/mol. The quantitative estimate of drug-likeness (QED) is 0.868. The Kier molecular flexibility index (Phi) is 5.36. The maximum absolute atomic E-state index is 5.91. The van der Waals surface area contributed by atoms with Gasteiger partial charge in [0.05, 0.1) is 12.7 Å². The highest BCUT2D eigenvalue weighted by Gasteiger charge is 2.32. The van der Waals surface area contributed by atoms with Crippen molar-refractivity contribution in [1.82, 2.24) is 10.2 Å². The third-order valence-electron chi connectivity index (χ3n) is 5.59. The number of ether oxygens (including phenoxy) is 1. The molecule has 2 saturated heterocycles. The van der Waals surface area contributed by atoms with Crippen LogP contribution in [0.5, 0.6) is 0 Å². The zero-order chi connectivity index (χ0) is 16.2. The molecular formula is C20H31N3O. The fraction of sp³-hybridized carbons (Fsp3) is 0.700. The molecule has 1 aromatic carbocycles. The second kappa shape index (κ2) is 7.85. The van der Waals surface area contributed by atoms with Gasteiger partial charge in [0.1, 0.15) is 0 Å². The van der Waals surface area contributed by atoms with Crippen molar-refractivity contribution in [2.75, 3.05) is 44.2 Å². The van der Waals surface area contributed by atoms with E-state index in [0.29, 0.717) is 6.10 Å². The van der Waals surface area contributed by atoms with Gasteiger partial charge in [-0.15, -0.1) is 0 Å². The Morgan fingerprint density at radius 2 is 1.79 bits per heavy atom. The molecule has 3 fully saturated rings. The minimum Gasteiger partial charge on any atom is -0.374 e. The van der Waals surface area contributed by atoms with Gasteiger partial charge in [-0.2, -0.15) is 0 Å². The first-order valence-electron chi connectivity index (χ1n) is 9.79. The lowest BCUT2D eigenvalue weighted by atomic mass is 10.1. The van der Waals surface area contributed by atoms with Crippen molar-refractivity contribution in [1.29, 1.82) is 0 Å². The third kappa shape index (κ3) is 4.29. The molecule has 3 aliphatic rings. The van der Waals surface area contributed by atoms with Crippen LogP contribution in [0.25, 0.3) is 0 Å². The van der Waals surface area contributed by atoms with Crippen molar-refractivity contribution in [3.63, 3.8) is 0 Å². The molecule has 1 atom stereocenters. The molecule has 132 valence electrons. The van der Waals surface area contributed by atoms with E-state index >= 15 is 0 Å². The largest absolute Gasteiger partial charge is 0.374 e. The number of piperidine rings is 1. The number of morpholine rings is 1.